The van der Waals surface area contributed by atoms with Crippen LogP contribution in [0.15, 0.2) is 89.8 Å². The minimum atomic E-state index is -0.296. The van der Waals surface area contributed by atoms with Gasteiger partial charge in [-0.3, -0.25) is 0 Å². The van der Waals surface area contributed by atoms with E-state index in [4.69, 9.17) is 19.2 Å². The van der Waals surface area contributed by atoms with Crippen LogP contribution in [-0.2, 0) is 0 Å². The van der Waals surface area contributed by atoms with Crippen LogP contribution < -0.4 is 4.74 Å². The summed E-state index contributed by atoms with van der Waals surface area (Å²) in [5.74, 6) is 2.18. The Bertz CT molecular complexity index is 1640. The molecule has 0 amide bonds. The number of benzene rings is 2. The Morgan fingerprint density at radius 3 is 2.41 bits per heavy atom. The summed E-state index contributed by atoms with van der Waals surface area (Å²) in [4.78, 5) is 9.50. The Balaban J connectivity index is 1.49. The number of aromatic nitrogens is 6. The molecule has 0 spiro atoms. The fraction of sp³-hybridized carbons (Fsp3) is 0.0769. The van der Waals surface area contributed by atoms with E-state index in [1.54, 1.807) is 17.1 Å². The first-order valence-corrected chi connectivity index (χ1v) is 10.9. The number of hydrogen-bond donors (Lipinski definition) is 0. The number of aryl methyl sites for hydroxylation is 1. The first kappa shape index (κ1) is 18.8. The third kappa shape index (κ3) is 2.72. The summed E-state index contributed by atoms with van der Waals surface area (Å²) in [7, 11) is 0. The van der Waals surface area contributed by atoms with E-state index in [0.29, 0.717) is 23.2 Å². The van der Waals surface area contributed by atoms with Crippen molar-refractivity contribution in [3.63, 3.8) is 0 Å². The standard InChI is InChI=1S/C26H18N6O2/c1-16-20-21(19-13-8-14-33-19)22-24-28-23(17-9-4-2-5-10-17)30-31(24)15-27-25(22)34-26(20)32(29-16)18-11-6-3-7-12-18/h2-15,21H,1H3/t21-/m0/s1. The molecule has 0 aliphatic carbocycles. The van der Waals surface area contributed by atoms with E-state index in [9.17, 15) is 0 Å². The number of rotatable bonds is 3. The number of hydrogen-bond acceptors (Lipinski definition) is 6. The van der Waals surface area contributed by atoms with E-state index < -0.39 is 0 Å². The molecule has 8 heteroatoms. The summed E-state index contributed by atoms with van der Waals surface area (Å²) in [5, 5.41) is 9.49. The summed E-state index contributed by atoms with van der Waals surface area (Å²) in [6, 6.07) is 23.6. The van der Waals surface area contributed by atoms with Crippen molar-refractivity contribution in [3.8, 4) is 28.8 Å². The molecule has 1 aliphatic rings. The van der Waals surface area contributed by atoms with Crippen molar-refractivity contribution in [2.75, 3.05) is 0 Å². The predicted molar refractivity (Wildman–Crippen MR) is 124 cm³/mol. The first-order valence-electron chi connectivity index (χ1n) is 10.9. The molecule has 34 heavy (non-hydrogen) atoms. The van der Waals surface area contributed by atoms with Gasteiger partial charge in [-0.2, -0.15) is 5.10 Å². The lowest BCUT2D eigenvalue weighted by atomic mass is 9.88. The molecular formula is C26H18N6O2. The maximum Gasteiger partial charge on any atom is 0.230 e. The highest BCUT2D eigenvalue weighted by molar-refractivity contribution is 5.68. The van der Waals surface area contributed by atoms with Crippen molar-refractivity contribution in [1.82, 2.24) is 29.4 Å². The van der Waals surface area contributed by atoms with Crippen LogP contribution in [0.2, 0.25) is 0 Å². The van der Waals surface area contributed by atoms with E-state index in [1.165, 1.54) is 0 Å². The first-order chi connectivity index (χ1) is 16.8. The van der Waals surface area contributed by atoms with Crippen molar-refractivity contribution >= 4 is 5.65 Å². The van der Waals surface area contributed by atoms with Crippen molar-refractivity contribution in [3.05, 3.63) is 108 Å². The molecule has 5 heterocycles. The number of para-hydroxylation sites is 1. The predicted octanol–water partition coefficient (Wildman–Crippen LogP) is 5.16. The lowest BCUT2D eigenvalue weighted by Gasteiger charge is -2.24. The third-order valence-electron chi connectivity index (χ3n) is 6.08. The molecule has 1 aliphatic heterocycles. The average molecular weight is 446 g/mol. The van der Waals surface area contributed by atoms with Crippen LogP contribution in [0, 0.1) is 6.92 Å². The summed E-state index contributed by atoms with van der Waals surface area (Å²) < 4.78 is 15.8. The van der Waals surface area contributed by atoms with Gasteiger partial charge in [0.05, 0.1) is 34.7 Å². The van der Waals surface area contributed by atoms with E-state index >= 15 is 0 Å². The minimum Gasteiger partial charge on any atom is -0.468 e. The highest BCUT2D eigenvalue weighted by Crippen LogP contribution is 2.49. The second-order valence-electron chi connectivity index (χ2n) is 8.14. The molecule has 7 rings (SSSR count). The zero-order valence-corrected chi connectivity index (χ0v) is 18.2. The molecule has 0 radical (unpaired) electrons. The summed E-state index contributed by atoms with van der Waals surface area (Å²) in [6.45, 7) is 1.98. The molecule has 0 bridgehead atoms. The van der Waals surface area contributed by atoms with Crippen molar-refractivity contribution in [2.45, 2.75) is 12.8 Å². The Kier molecular flexibility index (Phi) is 3.95. The molecule has 2 aromatic carbocycles. The van der Waals surface area contributed by atoms with E-state index in [1.807, 2.05) is 84.4 Å². The van der Waals surface area contributed by atoms with Gasteiger partial charge in [-0.1, -0.05) is 48.5 Å². The van der Waals surface area contributed by atoms with Gasteiger partial charge < -0.3 is 9.15 Å². The van der Waals surface area contributed by atoms with Gasteiger partial charge in [-0.25, -0.2) is 19.2 Å². The van der Waals surface area contributed by atoms with Crippen molar-refractivity contribution in [2.24, 2.45) is 0 Å². The lowest BCUT2D eigenvalue weighted by Crippen LogP contribution is -2.15. The molecule has 4 aromatic heterocycles. The summed E-state index contributed by atoms with van der Waals surface area (Å²) >= 11 is 0. The fourth-order valence-corrected chi connectivity index (χ4v) is 4.57. The molecular weight excluding hydrogens is 428 g/mol. The Morgan fingerprint density at radius 1 is 0.853 bits per heavy atom. The average Bonchev–Trinajstić information content (AvgIpc) is 3.63. The van der Waals surface area contributed by atoms with E-state index in [2.05, 4.69) is 10.1 Å². The Hall–Kier alpha value is -4.72. The Morgan fingerprint density at radius 2 is 1.65 bits per heavy atom. The van der Waals surface area contributed by atoms with Crippen LogP contribution in [0.4, 0.5) is 0 Å². The molecule has 0 saturated carbocycles. The topological polar surface area (TPSA) is 83.3 Å². The quantitative estimate of drug-likeness (QED) is 0.373. The van der Waals surface area contributed by atoms with Crippen molar-refractivity contribution < 1.29 is 9.15 Å². The molecule has 1 atom stereocenters. The summed E-state index contributed by atoms with van der Waals surface area (Å²) in [5.41, 5.74) is 5.07. The zero-order chi connectivity index (χ0) is 22.6. The zero-order valence-electron chi connectivity index (χ0n) is 18.2. The van der Waals surface area contributed by atoms with Gasteiger partial charge in [0.15, 0.2) is 11.5 Å². The van der Waals surface area contributed by atoms with E-state index in [0.717, 1.165) is 33.8 Å². The maximum atomic E-state index is 6.40. The SMILES string of the molecule is Cc1nn(-c2ccccc2)c2c1[C@H](c1ccco1)c1c(ncn3nc(-c4ccccc4)nc13)O2. The minimum absolute atomic E-state index is 0.296. The van der Waals surface area contributed by atoms with Gasteiger partial charge >= 0.3 is 0 Å². The summed E-state index contributed by atoms with van der Waals surface area (Å²) in [6.07, 6.45) is 3.31. The molecule has 0 N–H and O–H groups in total. The molecule has 164 valence electrons. The van der Waals surface area contributed by atoms with Crippen LogP contribution in [0.25, 0.3) is 22.7 Å². The van der Waals surface area contributed by atoms with Gasteiger partial charge in [0.1, 0.15) is 12.1 Å². The van der Waals surface area contributed by atoms with Gasteiger partial charge in [-0.05, 0) is 31.2 Å². The smallest absolute Gasteiger partial charge is 0.230 e. The van der Waals surface area contributed by atoms with Crippen LogP contribution in [0.5, 0.6) is 11.8 Å². The third-order valence-corrected chi connectivity index (χ3v) is 6.08. The van der Waals surface area contributed by atoms with Crippen LogP contribution >= 0.6 is 0 Å². The monoisotopic (exact) mass is 446 g/mol. The molecule has 0 fully saturated rings. The van der Waals surface area contributed by atoms with Crippen LogP contribution in [0.3, 0.4) is 0 Å². The Labute approximate surface area is 194 Å². The number of fused-ring (bicyclic) bond motifs is 4. The second kappa shape index (κ2) is 7.14. The van der Waals surface area contributed by atoms with Gasteiger partial charge in [0, 0.05) is 5.56 Å². The van der Waals surface area contributed by atoms with E-state index in [-0.39, 0.29) is 5.92 Å². The second-order valence-corrected chi connectivity index (χ2v) is 8.14. The number of nitrogens with zero attached hydrogens (tertiary/aromatic N) is 6. The van der Waals surface area contributed by atoms with Gasteiger partial charge in [-0.15, -0.1) is 5.10 Å². The molecule has 0 saturated heterocycles. The normalized spacial score (nSPS) is 14.6. The van der Waals surface area contributed by atoms with Crippen LogP contribution in [0.1, 0.15) is 28.5 Å². The highest BCUT2D eigenvalue weighted by atomic mass is 16.5. The van der Waals surface area contributed by atoms with Crippen molar-refractivity contribution in [1.29, 1.82) is 0 Å². The fourth-order valence-electron chi connectivity index (χ4n) is 4.57. The van der Waals surface area contributed by atoms with Crippen LogP contribution in [-0.4, -0.2) is 29.4 Å². The number of ether oxygens (including phenoxy) is 1. The molecule has 8 nitrogen and oxygen atoms in total. The number of furan rings is 1. The van der Waals surface area contributed by atoms with Gasteiger partial charge in [0.2, 0.25) is 11.8 Å². The highest BCUT2D eigenvalue weighted by Gasteiger charge is 2.39. The lowest BCUT2D eigenvalue weighted by molar-refractivity contribution is 0.392. The van der Waals surface area contributed by atoms with Gasteiger partial charge in [0.25, 0.3) is 0 Å². The maximum absolute atomic E-state index is 6.40. The molecule has 6 aromatic rings. The molecule has 0 unspecified atom stereocenters. The largest absolute Gasteiger partial charge is 0.468 e.